The van der Waals surface area contributed by atoms with Crippen molar-refractivity contribution in [3.05, 3.63) is 20.3 Å². The van der Waals surface area contributed by atoms with Crippen LogP contribution >= 0.6 is 15.9 Å². The van der Waals surface area contributed by atoms with E-state index in [-0.39, 0.29) is 5.82 Å². The Morgan fingerprint density at radius 3 is 2.73 bits per heavy atom. The number of rotatable bonds is 2. The Labute approximate surface area is 71.1 Å². The highest BCUT2D eigenvalue weighted by molar-refractivity contribution is 9.10. The first-order chi connectivity index (χ1) is 5.16. The van der Waals surface area contributed by atoms with Crippen molar-refractivity contribution in [2.45, 2.75) is 13.3 Å². The summed E-state index contributed by atoms with van der Waals surface area (Å²) in [5.41, 5.74) is 0.678. The molecule has 0 radical (unpaired) electrons. The summed E-state index contributed by atoms with van der Waals surface area (Å²) in [6.45, 7) is 1.88. The van der Waals surface area contributed by atoms with Gasteiger partial charge in [-0.15, -0.1) is 5.10 Å². The largest absolute Gasteiger partial charge is 0.358 e. The average molecular weight is 220 g/mol. The monoisotopic (exact) mass is 219 g/mol. The molecule has 1 aromatic rings. The SMILES string of the molecule is CCc1n[nH]c([N+](=O)[O-])c1Br. The molecule has 1 N–H and O–H groups in total. The van der Waals surface area contributed by atoms with Gasteiger partial charge < -0.3 is 10.1 Å². The Hall–Kier alpha value is -0.910. The third-order valence-electron chi connectivity index (χ3n) is 1.28. The van der Waals surface area contributed by atoms with Gasteiger partial charge in [0.25, 0.3) is 0 Å². The van der Waals surface area contributed by atoms with Crippen LogP contribution in [0.15, 0.2) is 4.47 Å². The van der Waals surface area contributed by atoms with Crippen LogP contribution < -0.4 is 0 Å². The predicted molar refractivity (Wildman–Crippen MR) is 42.3 cm³/mol. The molecular formula is C5H6BrN3O2. The van der Waals surface area contributed by atoms with Gasteiger partial charge in [0.2, 0.25) is 0 Å². The van der Waals surface area contributed by atoms with E-state index in [0.717, 1.165) is 0 Å². The second-order valence-electron chi connectivity index (χ2n) is 1.94. The topological polar surface area (TPSA) is 71.8 Å². The van der Waals surface area contributed by atoms with E-state index in [1.54, 1.807) is 0 Å². The maximum atomic E-state index is 10.3. The maximum Gasteiger partial charge on any atom is 0.357 e. The number of hydrogen-bond donors (Lipinski definition) is 1. The van der Waals surface area contributed by atoms with Crippen LogP contribution in [-0.2, 0) is 6.42 Å². The van der Waals surface area contributed by atoms with E-state index in [4.69, 9.17) is 0 Å². The fraction of sp³-hybridized carbons (Fsp3) is 0.400. The van der Waals surface area contributed by atoms with Crippen LogP contribution in [0.4, 0.5) is 5.82 Å². The predicted octanol–water partition coefficient (Wildman–Crippen LogP) is 1.64. The van der Waals surface area contributed by atoms with E-state index >= 15 is 0 Å². The molecule has 0 saturated carbocycles. The van der Waals surface area contributed by atoms with Crippen molar-refractivity contribution in [2.75, 3.05) is 0 Å². The van der Waals surface area contributed by atoms with Crippen molar-refractivity contribution in [1.29, 1.82) is 0 Å². The quantitative estimate of drug-likeness (QED) is 0.608. The van der Waals surface area contributed by atoms with Gasteiger partial charge >= 0.3 is 5.82 Å². The molecule has 0 spiro atoms. The molecular weight excluding hydrogens is 214 g/mol. The molecule has 1 aromatic heterocycles. The number of aromatic nitrogens is 2. The third-order valence-corrected chi connectivity index (χ3v) is 2.11. The molecule has 0 aromatic carbocycles. The second-order valence-corrected chi connectivity index (χ2v) is 2.74. The number of aromatic amines is 1. The molecule has 0 bridgehead atoms. The number of aryl methyl sites for hydroxylation is 1. The highest BCUT2D eigenvalue weighted by Gasteiger charge is 2.17. The molecule has 1 heterocycles. The minimum Gasteiger partial charge on any atom is -0.358 e. The second kappa shape index (κ2) is 3.00. The van der Waals surface area contributed by atoms with Gasteiger partial charge in [-0.05, 0) is 27.3 Å². The first-order valence-electron chi connectivity index (χ1n) is 3.04. The van der Waals surface area contributed by atoms with Crippen LogP contribution in [0, 0.1) is 10.1 Å². The highest BCUT2D eigenvalue weighted by Crippen LogP contribution is 2.25. The van der Waals surface area contributed by atoms with Crippen molar-refractivity contribution in [3.63, 3.8) is 0 Å². The summed E-state index contributed by atoms with van der Waals surface area (Å²) in [5.74, 6) is -0.0816. The molecule has 0 aliphatic rings. The maximum absolute atomic E-state index is 10.3. The van der Waals surface area contributed by atoms with Gasteiger partial charge in [-0.25, -0.2) is 0 Å². The molecule has 0 fully saturated rings. The summed E-state index contributed by atoms with van der Waals surface area (Å²) in [6.07, 6.45) is 0.672. The fourth-order valence-corrected chi connectivity index (χ4v) is 1.31. The average Bonchev–Trinajstić information content (AvgIpc) is 2.30. The van der Waals surface area contributed by atoms with Crippen LogP contribution in [0.5, 0.6) is 0 Å². The highest BCUT2D eigenvalue weighted by atomic mass is 79.9. The number of nitrogens with one attached hydrogen (secondary N) is 1. The standard InChI is InChI=1S/C5H6BrN3O2/c1-2-3-4(6)5(8-7-3)9(10)11/h2H2,1H3,(H,7,8). The van der Waals surface area contributed by atoms with Crippen LogP contribution in [-0.4, -0.2) is 15.1 Å². The van der Waals surface area contributed by atoms with Gasteiger partial charge in [0.15, 0.2) is 0 Å². The van der Waals surface area contributed by atoms with E-state index in [0.29, 0.717) is 16.6 Å². The van der Waals surface area contributed by atoms with Gasteiger partial charge in [-0.2, -0.15) is 0 Å². The molecule has 0 saturated heterocycles. The van der Waals surface area contributed by atoms with Crippen molar-refractivity contribution < 1.29 is 4.92 Å². The normalized spacial score (nSPS) is 10.0. The molecule has 5 nitrogen and oxygen atoms in total. The van der Waals surface area contributed by atoms with Crippen LogP contribution in [0.25, 0.3) is 0 Å². The molecule has 1 rings (SSSR count). The molecule has 11 heavy (non-hydrogen) atoms. The number of nitrogens with zero attached hydrogens (tertiary/aromatic N) is 2. The summed E-state index contributed by atoms with van der Waals surface area (Å²) in [6, 6.07) is 0. The van der Waals surface area contributed by atoms with Gasteiger partial charge in [-0.1, -0.05) is 12.0 Å². The molecule has 0 aliphatic heterocycles. The van der Waals surface area contributed by atoms with E-state index < -0.39 is 4.92 Å². The Balaban J connectivity index is 3.10. The summed E-state index contributed by atoms with van der Waals surface area (Å²) in [5, 5.41) is 16.3. The first kappa shape index (κ1) is 8.19. The summed E-state index contributed by atoms with van der Waals surface area (Å²) in [7, 11) is 0. The number of halogens is 1. The molecule has 0 atom stereocenters. The lowest BCUT2D eigenvalue weighted by molar-refractivity contribution is -0.390. The van der Waals surface area contributed by atoms with Crippen LogP contribution in [0.1, 0.15) is 12.6 Å². The van der Waals surface area contributed by atoms with Crippen molar-refractivity contribution in [2.24, 2.45) is 0 Å². The number of hydrogen-bond acceptors (Lipinski definition) is 3. The van der Waals surface area contributed by atoms with E-state index in [1.165, 1.54) is 0 Å². The van der Waals surface area contributed by atoms with Crippen molar-refractivity contribution in [1.82, 2.24) is 10.2 Å². The van der Waals surface area contributed by atoms with Gasteiger partial charge in [-0.3, -0.25) is 0 Å². The lowest BCUT2D eigenvalue weighted by atomic mass is 10.3. The third kappa shape index (κ3) is 1.40. The Morgan fingerprint density at radius 2 is 2.45 bits per heavy atom. The summed E-state index contributed by atoms with van der Waals surface area (Å²) >= 11 is 3.08. The minimum atomic E-state index is -0.504. The van der Waals surface area contributed by atoms with Crippen LogP contribution in [0.3, 0.4) is 0 Å². The summed E-state index contributed by atoms with van der Waals surface area (Å²) < 4.78 is 0.449. The smallest absolute Gasteiger partial charge is 0.357 e. The van der Waals surface area contributed by atoms with Gasteiger partial charge in [0, 0.05) is 0 Å². The van der Waals surface area contributed by atoms with Gasteiger partial charge in [0.1, 0.15) is 10.2 Å². The lowest BCUT2D eigenvalue weighted by Gasteiger charge is -1.88. The summed E-state index contributed by atoms with van der Waals surface area (Å²) in [4.78, 5) is 9.75. The lowest BCUT2D eigenvalue weighted by Crippen LogP contribution is -1.88. The number of nitro groups is 1. The van der Waals surface area contributed by atoms with E-state index in [9.17, 15) is 10.1 Å². The molecule has 0 unspecified atom stereocenters. The zero-order valence-electron chi connectivity index (χ0n) is 5.80. The van der Waals surface area contributed by atoms with Crippen molar-refractivity contribution in [3.8, 4) is 0 Å². The van der Waals surface area contributed by atoms with E-state index in [2.05, 4.69) is 26.1 Å². The fourth-order valence-electron chi connectivity index (χ4n) is 0.710. The van der Waals surface area contributed by atoms with Crippen LogP contribution in [0.2, 0.25) is 0 Å². The molecule has 0 aliphatic carbocycles. The molecule has 6 heteroatoms. The molecule has 0 amide bonds. The Bertz CT molecular complexity index is 283. The number of H-pyrrole nitrogens is 1. The first-order valence-corrected chi connectivity index (χ1v) is 3.83. The van der Waals surface area contributed by atoms with E-state index in [1.807, 2.05) is 6.92 Å². The zero-order valence-corrected chi connectivity index (χ0v) is 7.38. The van der Waals surface area contributed by atoms with Gasteiger partial charge in [0.05, 0.1) is 0 Å². The van der Waals surface area contributed by atoms with Crippen molar-refractivity contribution >= 4 is 21.7 Å². The molecule has 60 valence electrons. The Morgan fingerprint density at radius 1 is 1.82 bits per heavy atom. The Kier molecular flexibility index (Phi) is 2.23. The minimum absolute atomic E-state index is 0.0816. The zero-order chi connectivity index (χ0) is 8.43.